The zero-order valence-electron chi connectivity index (χ0n) is 25.1. The number of anilines is 1. The summed E-state index contributed by atoms with van der Waals surface area (Å²) in [4.78, 5) is 31.8. The summed E-state index contributed by atoms with van der Waals surface area (Å²) in [6.45, 7) is 1.13. The number of carbonyl (C=O) groups is 1. The molecule has 7 aromatic rings. The number of pyridine rings is 2. The molecule has 0 unspecified atom stereocenters. The van der Waals surface area contributed by atoms with Crippen molar-refractivity contribution >= 4 is 33.5 Å². The van der Waals surface area contributed by atoms with Crippen LogP contribution >= 0.6 is 0 Å². The first-order valence-electron chi connectivity index (χ1n) is 14.6. The maximum atomic E-state index is 14.7. The first-order chi connectivity index (χ1) is 22.4. The first-order valence-corrected chi connectivity index (χ1v) is 14.6. The minimum atomic E-state index is -0.420. The van der Waals surface area contributed by atoms with E-state index in [1.165, 1.54) is 12.1 Å². The van der Waals surface area contributed by atoms with Gasteiger partial charge in [0.15, 0.2) is 5.82 Å². The van der Waals surface area contributed by atoms with Crippen LogP contribution in [0.25, 0.3) is 55.8 Å². The Kier molecular flexibility index (Phi) is 7.65. The molecule has 0 bridgehead atoms. The number of halogens is 1. The van der Waals surface area contributed by atoms with E-state index in [0.717, 1.165) is 27.5 Å². The summed E-state index contributed by atoms with van der Waals surface area (Å²) in [5.41, 5.74) is 6.70. The van der Waals surface area contributed by atoms with E-state index < -0.39 is 5.82 Å². The highest BCUT2D eigenvalue weighted by molar-refractivity contribution is 6.04. The van der Waals surface area contributed by atoms with Gasteiger partial charge in [0.1, 0.15) is 29.4 Å². The van der Waals surface area contributed by atoms with Gasteiger partial charge in [-0.1, -0.05) is 24.3 Å². The molecule has 3 N–H and O–H groups in total. The SMILES string of the molecule is CN(C)CCOc1cc(F)cc(-c2nccc3[nH]c(-c4n[nH]c5ccc(-c6cncc(NC(=O)c7ccccc7)c6)cc45)nc23)c1. The van der Waals surface area contributed by atoms with Crippen molar-refractivity contribution in [1.29, 1.82) is 0 Å². The second kappa shape index (κ2) is 12.2. The van der Waals surface area contributed by atoms with Crippen LogP contribution in [0, 0.1) is 5.82 Å². The fraction of sp³-hybridized carbons (Fsp3) is 0.114. The van der Waals surface area contributed by atoms with Gasteiger partial charge in [0, 0.05) is 47.1 Å². The monoisotopic (exact) mass is 612 g/mol. The molecule has 0 fully saturated rings. The number of carbonyl (C=O) groups excluding carboxylic acids is 1. The lowest BCUT2D eigenvalue weighted by Crippen LogP contribution is -2.19. The molecule has 4 heterocycles. The van der Waals surface area contributed by atoms with E-state index in [4.69, 9.17) is 9.72 Å². The number of fused-ring (bicyclic) bond motifs is 2. The Balaban J connectivity index is 1.21. The number of imidazole rings is 1. The topological polar surface area (TPSA) is 125 Å². The zero-order chi connectivity index (χ0) is 31.6. The summed E-state index contributed by atoms with van der Waals surface area (Å²) >= 11 is 0. The lowest BCUT2D eigenvalue weighted by atomic mass is 10.0. The fourth-order valence-corrected chi connectivity index (χ4v) is 5.22. The Bertz CT molecular complexity index is 2190. The number of likely N-dealkylation sites (N-methyl/N-ethyl adjacent to an activating group) is 1. The molecule has 0 atom stereocenters. The van der Waals surface area contributed by atoms with Crippen LogP contribution in [-0.2, 0) is 0 Å². The van der Waals surface area contributed by atoms with Gasteiger partial charge >= 0.3 is 0 Å². The van der Waals surface area contributed by atoms with Crippen molar-refractivity contribution in [3.63, 3.8) is 0 Å². The predicted molar refractivity (Wildman–Crippen MR) is 176 cm³/mol. The molecule has 7 rings (SSSR count). The van der Waals surface area contributed by atoms with Crippen molar-refractivity contribution in [1.82, 2.24) is 35.0 Å². The normalized spacial score (nSPS) is 11.4. The number of H-pyrrole nitrogens is 2. The quantitative estimate of drug-likeness (QED) is 0.169. The number of amides is 1. The number of nitrogens with zero attached hydrogens (tertiary/aromatic N) is 5. The van der Waals surface area contributed by atoms with E-state index in [-0.39, 0.29) is 5.91 Å². The Hall–Kier alpha value is -5.94. The summed E-state index contributed by atoms with van der Waals surface area (Å²) in [6, 6.07) is 23.2. The minimum absolute atomic E-state index is 0.211. The van der Waals surface area contributed by atoms with E-state index in [1.54, 1.807) is 36.8 Å². The fourth-order valence-electron chi connectivity index (χ4n) is 5.22. The summed E-state index contributed by atoms with van der Waals surface area (Å²) in [6.07, 6.45) is 5.02. The van der Waals surface area contributed by atoms with Crippen molar-refractivity contribution in [2.75, 3.05) is 32.6 Å². The second-order valence-corrected chi connectivity index (χ2v) is 11.1. The molecule has 0 saturated carbocycles. The minimum Gasteiger partial charge on any atom is -0.492 e. The average Bonchev–Trinajstić information content (AvgIpc) is 3.69. The first kappa shape index (κ1) is 28.8. The van der Waals surface area contributed by atoms with Gasteiger partial charge in [-0.2, -0.15) is 5.10 Å². The number of rotatable bonds is 9. The molecule has 0 aliphatic rings. The molecule has 11 heteroatoms. The standard InChI is InChI=1S/C35H29FN8O2/c1-44(2)12-13-46-27-16-23(14-25(36)18-27)31-33-30(10-11-38-31)40-34(41-33)32-28-17-22(8-9-29(28)42-43-32)24-15-26(20-37-19-24)39-35(45)21-6-4-3-5-7-21/h3-11,14-20H,12-13H2,1-2H3,(H,39,45)(H,40,41)(H,42,43). The molecule has 0 aliphatic heterocycles. The van der Waals surface area contributed by atoms with Gasteiger partial charge < -0.3 is 19.9 Å². The van der Waals surface area contributed by atoms with Gasteiger partial charge in [-0.15, -0.1) is 0 Å². The molecule has 4 aromatic heterocycles. The molecule has 3 aromatic carbocycles. The number of aromatic amines is 2. The summed E-state index contributed by atoms with van der Waals surface area (Å²) in [5, 5.41) is 11.4. The highest BCUT2D eigenvalue weighted by atomic mass is 19.1. The molecule has 10 nitrogen and oxygen atoms in total. The molecule has 0 saturated heterocycles. The molecular formula is C35H29FN8O2. The van der Waals surface area contributed by atoms with Crippen molar-refractivity contribution in [3.05, 3.63) is 109 Å². The van der Waals surface area contributed by atoms with Crippen LogP contribution in [0.5, 0.6) is 5.75 Å². The number of aromatic nitrogens is 6. The number of hydrogen-bond acceptors (Lipinski definition) is 7. The zero-order valence-corrected chi connectivity index (χ0v) is 25.1. The third-order valence-electron chi connectivity index (χ3n) is 7.51. The van der Waals surface area contributed by atoms with Gasteiger partial charge in [-0.25, -0.2) is 9.37 Å². The van der Waals surface area contributed by atoms with Crippen LogP contribution in [0.3, 0.4) is 0 Å². The smallest absolute Gasteiger partial charge is 0.255 e. The van der Waals surface area contributed by atoms with Gasteiger partial charge in [-0.05, 0) is 68.2 Å². The van der Waals surface area contributed by atoms with Gasteiger partial charge in [0.05, 0.1) is 28.6 Å². The Labute approximate surface area is 263 Å². The van der Waals surface area contributed by atoms with Crippen molar-refractivity contribution in [2.45, 2.75) is 0 Å². The average molecular weight is 613 g/mol. The van der Waals surface area contributed by atoms with Crippen LogP contribution in [0.1, 0.15) is 10.4 Å². The lowest BCUT2D eigenvalue weighted by Gasteiger charge is -2.12. The third kappa shape index (κ3) is 5.91. The van der Waals surface area contributed by atoms with Gasteiger partial charge in [0.25, 0.3) is 5.91 Å². The summed E-state index contributed by atoms with van der Waals surface area (Å²) in [7, 11) is 3.90. The Morgan fingerprint density at radius 1 is 0.913 bits per heavy atom. The number of ether oxygens (including phenoxy) is 1. The highest BCUT2D eigenvalue weighted by Gasteiger charge is 2.18. The second-order valence-electron chi connectivity index (χ2n) is 11.1. The van der Waals surface area contributed by atoms with E-state index in [1.807, 2.05) is 67.5 Å². The van der Waals surface area contributed by atoms with Crippen molar-refractivity contribution < 1.29 is 13.9 Å². The molecule has 0 radical (unpaired) electrons. The number of benzene rings is 3. The molecule has 0 spiro atoms. The predicted octanol–water partition coefficient (Wildman–Crippen LogP) is 6.56. The number of nitrogens with one attached hydrogen (secondary N) is 3. The van der Waals surface area contributed by atoms with Crippen molar-refractivity contribution in [2.24, 2.45) is 0 Å². The molecule has 1 amide bonds. The van der Waals surface area contributed by atoms with Crippen LogP contribution in [0.4, 0.5) is 10.1 Å². The molecule has 46 heavy (non-hydrogen) atoms. The van der Waals surface area contributed by atoms with Crippen molar-refractivity contribution in [3.8, 4) is 39.7 Å². The van der Waals surface area contributed by atoms with Crippen LogP contribution in [0.15, 0.2) is 97.5 Å². The van der Waals surface area contributed by atoms with Crippen LogP contribution in [0.2, 0.25) is 0 Å². The summed E-state index contributed by atoms with van der Waals surface area (Å²) < 4.78 is 20.5. The molecule has 0 aliphatic carbocycles. The number of hydrogen-bond donors (Lipinski definition) is 3. The van der Waals surface area contributed by atoms with Gasteiger partial charge in [0.2, 0.25) is 0 Å². The van der Waals surface area contributed by atoms with E-state index in [9.17, 15) is 9.18 Å². The summed E-state index contributed by atoms with van der Waals surface area (Å²) in [5.74, 6) is 0.331. The molecular weight excluding hydrogens is 583 g/mol. The lowest BCUT2D eigenvalue weighted by molar-refractivity contribution is 0.102. The van der Waals surface area contributed by atoms with E-state index in [2.05, 4.69) is 30.5 Å². The largest absolute Gasteiger partial charge is 0.492 e. The third-order valence-corrected chi connectivity index (χ3v) is 7.51. The molecule has 228 valence electrons. The van der Waals surface area contributed by atoms with E-state index >= 15 is 0 Å². The van der Waals surface area contributed by atoms with E-state index in [0.29, 0.717) is 58.4 Å². The van der Waals surface area contributed by atoms with Crippen LogP contribution < -0.4 is 10.1 Å². The Morgan fingerprint density at radius 3 is 2.63 bits per heavy atom. The maximum Gasteiger partial charge on any atom is 0.255 e. The maximum absolute atomic E-state index is 14.7. The van der Waals surface area contributed by atoms with Gasteiger partial charge in [-0.3, -0.25) is 19.9 Å². The highest BCUT2D eigenvalue weighted by Crippen LogP contribution is 2.34. The van der Waals surface area contributed by atoms with Crippen LogP contribution in [-0.4, -0.2) is 68.2 Å². The Morgan fingerprint density at radius 2 is 1.78 bits per heavy atom.